The van der Waals surface area contributed by atoms with Crippen molar-refractivity contribution in [1.82, 2.24) is 4.98 Å². The first-order valence-electron chi connectivity index (χ1n) is 3.58. The van der Waals surface area contributed by atoms with E-state index >= 15 is 0 Å². The molecule has 0 aliphatic rings. The molecule has 1 heterocycles. The second kappa shape index (κ2) is 5.38. The van der Waals surface area contributed by atoms with Crippen molar-refractivity contribution in [3.63, 3.8) is 0 Å². The monoisotopic (exact) mass is 193 g/mol. The Labute approximate surface area is 92.4 Å². The van der Waals surface area contributed by atoms with E-state index in [4.69, 9.17) is 10.2 Å². The van der Waals surface area contributed by atoms with Crippen LogP contribution in [0.15, 0.2) is 6.20 Å². The standard InChI is InChI=1S/C8H11NO3.Mg/c1-5-8(12)7(4-11)6(3-10)2-9-5;/h2,10-12H,3-4H2,1H3;/q;+2. The van der Waals surface area contributed by atoms with Crippen molar-refractivity contribution in [1.29, 1.82) is 0 Å². The molecule has 0 aliphatic heterocycles. The molecule has 3 N–H and O–H groups in total. The van der Waals surface area contributed by atoms with Crippen LogP contribution in [0, 0.1) is 6.92 Å². The number of aliphatic hydroxyl groups excluding tert-OH is 2. The first-order valence-corrected chi connectivity index (χ1v) is 3.58. The van der Waals surface area contributed by atoms with Gasteiger partial charge in [0.1, 0.15) is 5.75 Å². The zero-order valence-electron chi connectivity index (χ0n) is 7.49. The third-order valence-electron chi connectivity index (χ3n) is 1.76. The van der Waals surface area contributed by atoms with Crippen LogP contribution < -0.4 is 0 Å². The van der Waals surface area contributed by atoms with Crippen LogP contribution in [0.5, 0.6) is 5.75 Å². The van der Waals surface area contributed by atoms with E-state index in [-0.39, 0.29) is 42.0 Å². The van der Waals surface area contributed by atoms with Gasteiger partial charge in [0.2, 0.25) is 0 Å². The second-order valence-electron chi connectivity index (χ2n) is 2.51. The number of aryl methyl sites for hydroxylation is 1. The molecule has 0 saturated carbocycles. The number of pyridine rings is 1. The van der Waals surface area contributed by atoms with Gasteiger partial charge in [-0.1, -0.05) is 0 Å². The van der Waals surface area contributed by atoms with Crippen molar-refractivity contribution < 1.29 is 15.3 Å². The number of aliphatic hydroxyl groups is 2. The molecule has 0 fully saturated rings. The number of rotatable bonds is 2. The number of hydrogen-bond acceptors (Lipinski definition) is 4. The van der Waals surface area contributed by atoms with Gasteiger partial charge in [-0.15, -0.1) is 0 Å². The van der Waals surface area contributed by atoms with Crippen LogP contribution in [0.4, 0.5) is 0 Å². The molecule has 66 valence electrons. The minimum absolute atomic E-state index is 0. The van der Waals surface area contributed by atoms with E-state index in [9.17, 15) is 5.11 Å². The average Bonchev–Trinajstić information content (AvgIpc) is 2.09. The summed E-state index contributed by atoms with van der Waals surface area (Å²) < 4.78 is 0. The molecule has 0 aromatic carbocycles. The molecule has 1 rings (SSSR count). The minimum atomic E-state index is -0.287. The van der Waals surface area contributed by atoms with Crippen LogP contribution in [0.3, 0.4) is 0 Å². The molecule has 0 amide bonds. The van der Waals surface area contributed by atoms with Crippen LogP contribution in [-0.2, 0) is 13.2 Å². The van der Waals surface area contributed by atoms with Crippen molar-refractivity contribution in [3.05, 3.63) is 23.0 Å². The first kappa shape index (κ1) is 12.6. The molecular formula is C8H11MgNO3+2. The third kappa shape index (κ3) is 2.54. The third-order valence-corrected chi connectivity index (χ3v) is 1.76. The Morgan fingerprint density at radius 2 is 1.92 bits per heavy atom. The van der Waals surface area contributed by atoms with E-state index in [1.165, 1.54) is 6.20 Å². The number of aromatic hydroxyl groups is 1. The largest absolute Gasteiger partial charge is 2.00 e. The van der Waals surface area contributed by atoms with Gasteiger partial charge in [-0.3, -0.25) is 4.98 Å². The van der Waals surface area contributed by atoms with Crippen molar-refractivity contribution in [3.8, 4) is 5.75 Å². The molecule has 4 nitrogen and oxygen atoms in total. The summed E-state index contributed by atoms with van der Waals surface area (Å²) in [5.74, 6) is -0.0379. The van der Waals surface area contributed by atoms with Crippen molar-refractivity contribution in [2.45, 2.75) is 20.1 Å². The summed E-state index contributed by atoms with van der Waals surface area (Å²) in [6, 6.07) is 0. The van der Waals surface area contributed by atoms with Gasteiger partial charge in [-0.2, -0.15) is 0 Å². The molecule has 0 spiro atoms. The van der Waals surface area contributed by atoms with E-state index in [0.717, 1.165) is 0 Å². The topological polar surface area (TPSA) is 73.6 Å². The van der Waals surface area contributed by atoms with Gasteiger partial charge >= 0.3 is 23.1 Å². The maximum absolute atomic E-state index is 9.38. The Hall–Kier alpha value is -0.364. The van der Waals surface area contributed by atoms with Gasteiger partial charge in [0.05, 0.1) is 18.9 Å². The Balaban J connectivity index is 0.00000144. The predicted molar refractivity (Wildman–Crippen MR) is 48.2 cm³/mol. The summed E-state index contributed by atoms with van der Waals surface area (Å²) in [4.78, 5) is 3.84. The fourth-order valence-corrected chi connectivity index (χ4v) is 0.997. The molecule has 13 heavy (non-hydrogen) atoms. The molecule has 0 atom stereocenters. The molecule has 0 bridgehead atoms. The van der Waals surface area contributed by atoms with E-state index in [2.05, 4.69) is 4.98 Å². The van der Waals surface area contributed by atoms with E-state index in [0.29, 0.717) is 16.8 Å². The van der Waals surface area contributed by atoms with E-state index in [1.807, 2.05) is 0 Å². The zero-order valence-corrected chi connectivity index (χ0v) is 8.90. The Morgan fingerprint density at radius 1 is 1.31 bits per heavy atom. The Kier molecular flexibility index (Phi) is 5.23. The maximum atomic E-state index is 9.38. The van der Waals surface area contributed by atoms with Crippen molar-refractivity contribution in [2.24, 2.45) is 0 Å². The quantitative estimate of drug-likeness (QED) is 0.564. The summed E-state index contributed by atoms with van der Waals surface area (Å²) in [6.07, 6.45) is 1.45. The average molecular weight is 193 g/mol. The van der Waals surface area contributed by atoms with Gasteiger partial charge in [0.15, 0.2) is 0 Å². The Morgan fingerprint density at radius 3 is 2.38 bits per heavy atom. The SMILES string of the molecule is Cc1ncc(CO)c(CO)c1O.[Mg+2]. The maximum Gasteiger partial charge on any atom is 2.00 e. The normalized spacial score (nSPS) is 9.46. The summed E-state index contributed by atoms with van der Waals surface area (Å²) in [6.45, 7) is 1.12. The smallest absolute Gasteiger partial charge is 0.506 e. The Bertz CT molecular complexity index is 291. The van der Waals surface area contributed by atoms with Gasteiger partial charge in [0.25, 0.3) is 0 Å². The first-order chi connectivity index (χ1) is 5.70. The minimum Gasteiger partial charge on any atom is -0.506 e. The fraction of sp³-hybridized carbons (Fsp3) is 0.375. The van der Waals surface area contributed by atoms with Gasteiger partial charge in [-0.05, 0) is 6.92 Å². The van der Waals surface area contributed by atoms with Crippen LogP contribution >= 0.6 is 0 Å². The fourth-order valence-electron chi connectivity index (χ4n) is 0.997. The molecule has 0 radical (unpaired) electrons. The summed E-state index contributed by atoms with van der Waals surface area (Å²) in [5, 5.41) is 27.0. The van der Waals surface area contributed by atoms with Crippen LogP contribution in [0.2, 0.25) is 0 Å². The van der Waals surface area contributed by atoms with E-state index in [1.54, 1.807) is 6.92 Å². The van der Waals surface area contributed by atoms with Crippen LogP contribution in [0.25, 0.3) is 0 Å². The van der Waals surface area contributed by atoms with Gasteiger partial charge in [-0.25, -0.2) is 0 Å². The van der Waals surface area contributed by atoms with Gasteiger partial charge < -0.3 is 15.3 Å². The molecule has 1 aromatic rings. The second-order valence-corrected chi connectivity index (χ2v) is 2.51. The summed E-state index contributed by atoms with van der Waals surface area (Å²) in [5.41, 5.74) is 1.27. The molecule has 0 unspecified atom stereocenters. The van der Waals surface area contributed by atoms with Gasteiger partial charge in [0, 0.05) is 17.3 Å². The van der Waals surface area contributed by atoms with Crippen molar-refractivity contribution in [2.75, 3.05) is 0 Å². The molecule has 0 saturated heterocycles. The number of hydrogen-bond donors (Lipinski definition) is 3. The summed E-state index contributed by atoms with van der Waals surface area (Å²) >= 11 is 0. The van der Waals surface area contributed by atoms with E-state index < -0.39 is 0 Å². The summed E-state index contributed by atoms with van der Waals surface area (Å²) in [7, 11) is 0. The van der Waals surface area contributed by atoms with Crippen molar-refractivity contribution >= 4 is 23.1 Å². The zero-order chi connectivity index (χ0) is 9.14. The molecule has 0 aliphatic carbocycles. The van der Waals surface area contributed by atoms with Crippen LogP contribution in [-0.4, -0.2) is 43.4 Å². The molecular weight excluding hydrogens is 182 g/mol. The predicted octanol–water partition coefficient (Wildman–Crippen LogP) is -0.301. The number of nitrogens with zero attached hydrogens (tertiary/aromatic N) is 1. The van der Waals surface area contributed by atoms with Crippen LogP contribution in [0.1, 0.15) is 16.8 Å². The molecule has 5 heteroatoms. The molecule has 1 aromatic heterocycles. The number of aromatic nitrogens is 1.